The zero-order valence-corrected chi connectivity index (χ0v) is 17.2. The van der Waals surface area contributed by atoms with Crippen LogP contribution in [0.5, 0.6) is 0 Å². The predicted octanol–water partition coefficient (Wildman–Crippen LogP) is 2.96. The molecule has 3 rings (SSSR count). The van der Waals surface area contributed by atoms with Crippen LogP contribution >= 0.6 is 0 Å². The molecule has 0 saturated carbocycles. The van der Waals surface area contributed by atoms with Gasteiger partial charge in [0.25, 0.3) is 11.5 Å². The van der Waals surface area contributed by atoms with Gasteiger partial charge in [0.2, 0.25) is 5.91 Å². The average molecular weight is 478 g/mol. The second kappa shape index (κ2) is 9.14. The van der Waals surface area contributed by atoms with E-state index >= 15 is 0 Å². The molecule has 1 aliphatic heterocycles. The van der Waals surface area contributed by atoms with Gasteiger partial charge in [0.1, 0.15) is 11.6 Å². The van der Waals surface area contributed by atoms with Gasteiger partial charge in [0.15, 0.2) is 6.10 Å². The van der Waals surface area contributed by atoms with E-state index in [0.29, 0.717) is 6.07 Å². The van der Waals surface area contributed by atoms with Crippen LogP contribution in [0.3, 0.4) is 0 Å². The lowest BCUT2D eigenvalue weighted by atomic mass is 9.86. The molecule has 2 aromatic heterocycles. The minimum Gasteiger partial charge on any atom is -0.379 e. The number of H-pyrrole nitrogens is 1. The number of piperidine rings is 1. The standard InChI is InChI=1S/C20H20F6N4O3/c1-10(17(32)29-15-3-2-12(21)8-27-15)30-5-4-19(22,23)14(9-30)11-6-13(18(33)28-7-11)16(31)20(24,25)26/h2-3,6-8,10,14,16,31H,4-5,9H2,1H3,(H,28,33)(H,27,29,32). The molecule has 3 N–H and O–H groups in total. The molecular weight excluding hydrogens is 458 g/mol. The van der Waals surface area contributed by atoms with E-state index in [1.54, 1.807) is 0 Å². The first-order valence-corrected chi connectivity index (χ1v) is 9.81. The number of alkyl halides is 5. The minimum atomic E-state index is -5.16. The van der Waals surface area contributed by atoms with Crippen LogP contribution in [0.4, 0.5) is 32.2 Å². The normalized spacial score (nSPS) is 20.8. The van der Waals surface area contributed by atoms with E-state index in [9.17, 15) is 41.0 Å². The van der Waals surface area contributed by atoms with Crippen LogP contribution < -0.4 is 10.9 Å². The number of anilines is 1. The van der Waals surface area contributed by atoms with Crippen LogP contribution in [-0.4, -0.2) is 57.1 Å². The van der Waals surface area contributed by atoms with Gasteiger partial charge < -0.3 is 15.4 Å². The quantitative estimate of drug-likeness (QED) is 0.575. The van der Waals surface area contributed by atoms with Gasteiger partial charge in [-0.15, -0.1) is 0 Å². The van der Waals surface area contributed by atoms with Gasteiger partial charge in [-0.05, 0) is 30.7 Å². The van der Waals surface area contributed by atoms with E-state index in [0.717, 1.165) is 18.5 Å². The maximum Gasteiger partial charge on any atom is 0.418 e. The Morgan fingerprint density at radius 1 is 1.36 bits per heavy atom. The van der Waals surface area contributed by atoms with Gasteiger partial charge in [-0.2, -0.15) is 13.2 Å². The fraction of sp³-hybridized carbons (Fsp3) is 0.450. The van der Waals surface area contributed by atoms with Gasteiger partial charge in [-0.25, -0.2) is 18.2 Å². The smallest absolute Gasteiger partial charge is 0.379 e. The number of aliphatic hydroxyl groups excluding tert-OH is 1. The van der Waals surface area contributed by atoms with E-state index in [1.165, 1.54) is 17.9 Å². The molecule has 180 valence electrons. The van der Waals surface area contributed by atoms with Crippen LogP contribution in [0.1, 0.15) is 36.5 Å². The highest BCUT2D eigenvalue weighted by Gasteiger charge is 2.47. The molecule has 0 bridgehead atoms. The van der Waals surface area contributed by atoms with Gasteiger partial charge in [-0.1, -0.05) is 0 Å². The number of rotatable bonds is 5. The van der Waals surface area contributed by atoms with Crippen molar-refractivity contribution in [2.24, 2.45) is 0 Å². The minimum absolute atomic E-state index is 0.0542. The Kier molecular flexibility index (Phi) is 6.84. The summed E-state index contributed by atoms with van der Waals surface area (Å²) in [5.74, 6) is -6.16. The number of nitrogens with one attached hydrogen (secondary N) is 2. The van der Waals surface area contributed by atoms with Crippen LogP contribution in [0, 0.1) is 5.82 Å². The van der Waals surface area contributed by atoms with Crippen LogP contribution in [0.25, 0.3) is 0 Å². The van der Waals surface area contributed by atoms with Crippen molar-refractivity contribution in [1.82, 2.24) is 14.9 Å². The van der Waals surface area contributed by atoms with Crippen molar-refractivity contribution in [1.29, 1.82) is 0 Å². The fourth-order valence-corrected chi connectivity index (χ4v) is 3.57. The summed E-state index contributed by atoms with van der Waals surface area (Å²) in [6, 6.07) is 1.99. The summed E-state index contributed by atoms with van der Waals surface area (Å²) < 4.78 is 81.0. The third-order valence-electron chi connectivity index (χ3n) is 5.53. The van der Waals surface area contributed by atoms with Gasteiger partial charge in [0.05, 0.1) is 23.7 Å². The van der Waals surface area contributed by atoms with Gasteiger partial charge >= 0.3 is 6.18 Å². The Balaban J connectivity index is 1.82. The number of hydrogen-bond acceptors (Lipinski definition) is 5. The number of carbonyl (C=O) groups is 1. The van der Waals surface area contributed by atoms with Crippen molar-refractivity contribution in [2.45, 2.75) is 43.5 Å². The van der Waals surface area contributed by atoms with Crippen LogP contribution in [0.2, 0.25) is 0 Å². The summed E-state index contributed by atoms with van der Waals surface area (Å²) in [6.45, 7) is 0.855. The van der Waals surface area contributed by atoms with E-state index in [1.807, 2.05) is 4.98 Å². The molecule has 0 spiro atoms. The fourth-order valence-electron chi connectivity index (χ4n) is 3.57. The van der Waals surface area contributed by atoms with Gasteiger partial charge in [0, 0.05) is 25.7 Å². The molecule has 0 aliphatic carbocycles. The second-order valence-electron chi connectivity index (χ2n) is 7.75. The lowest BCUT2D eigenvalue weighted by Gasteiger charge is -2.40. The van der Waals surface area contributed by atoms with E-state index < -0.39 is 66.0 Å². The van der Waals surface area contributed by atoms with Crippen molar-refractivity contribution in [2.75, 3.05) is 18.4 Å². The Hall–Kier alpha value is -2.93. The molecule has 3 heterocycles. The maximum atomic E-state index is 14.7. The number of aromatic amines is 1. The topological polar surface area (TPSA) is 98.3 Å². The third-order valence-corrected chi connectivity index (χ3v) is 5.53. The molecule has 7 nitrogen and oxygen atoms in total. The highest BCUT2D eigenvalue weighted by molar-refractivity contribution is 5.93. The van der Waals surface area contributed by atoms with E-state index in [-0.39, 0.29) is 17.9 Å². The van der Waals surface area contributed by atoms with Crippen molar-refractivity contribution in [3.63, 3.8) is 0 Å². The highest BCUT2D eigenvalue weighted by atomic mass is 19.4. The largest absolute Gasteiger partial charge is 0.418 e. The number of carbonyl (C=O) groups excluding carboxylic acids is 1. The molecule has 0 radical (unpaired) electrons. The highest BCUT2D eigenvalue weighted by Crippen LogP contribution is 2.41. The van der Waals surface area contributed by atoms with Crippen molar-refractivity contribution in [3.8, 4) is 0 Å². The van der Waals surface area contributed by atoms with Gasteiger partial charge in [-0.3, -0.25) is 14.5 Å². The molecule has 13 heteroatoms. The molecule has 1 fully saturated rings. The van der Waals surface area contributed by atoms with Crippen molar-refractivity contribution in [3.05, 3.63) is 57.9 Å². The predicted molar refractivity (Wildman–Crippen MR) is 104 cm³/mol. The van der Waals surface area contributed by atoms with Crippen molar-refractivity contribution < 1.29 is 36.2 Å². The summed E-state index contributed by atoms with van der Waals surface area (Å²) in [5, 5.41) is 11.9. The number of aromatic nitrogens is 2. The zero-order valence-electron chi connectivity index (χ0n) is 17.2. The van der Waals surface area contributed by atoms with Crippen molar-refractivity contribution >= 4 is 11.7 Å². The number of hydrogen-bond donors (Lipinski definition) is 3. The van der Waals surface area contributed by atoms with Crippen LogP contribution in [0.15, 0.2) is 35.4 Å². The number of likely N-dealkylation sites (tertiary alicyclic amines) is 1. The second-order valence-corrected chi connectivity index (χ2v) is 7.75. The summed E-state index contributed by atoms with van der Waals surface area (Å²) in [5.41, 5.74) is -2.66. The summed E-state index contributed by atoms with van der Waals surface area (Å²) in [4.78, 5) is 31.4. The Bertz CT molecular complexity index is 1060. The lowest BCUT2D eigenvalue weighted by Crippen LogP contribution is -2.52. The molecule has 3 unspecified atom stereocenters. The molecule has 3 atom stereocenters. The molecule has 0 aromatic carbocycles. The van der Waals surface area contributed by atoms with E-state index in [4.69, 9.17) is 0 Å². The molecular formula is C20H20F6N4O3. The number of nitrogens with zero attached hydrogens (tertiary/aromatic N) is 2. The maximum absolute atomic E-state index is 14.7. The SMILES string of the molecule is CC(C(=O)Nc1ccc(F)cn1)N1CCC(F)(F)C(c2c[nH]c(=O)c(C(O)C(F)(F)F)c2)C1. The first kappa shape index (κ1) is 24.7. The summed E-state index contributed by atoms with van der Waals surface area (Å²) in [7, 11) is 0. The first-order valence-electron chi connectivity index (χ1n) is 9.81. The number of aliphatic hydroxyl groups is 1. The monoisotopic (exact) mass is 478 g/mol. The molecule has 33 heavy (non-hydrogen) atoms. The molecule has 2 aromatic rings. The van der Waals surface area contributed by atoms with Crippen LogP contribution in [-0.2, 0) is 4.79 Å². The Labute approximate surface area is 183 Å². The third kappa shape index (κ3) is 5.53. The number of halogens is 6. The number of pyridine rings is 2. The average Bonchev–Trinajstić information content (AvgIpc) is 2.74. The molecule has 1 saturated heterocycles. The first-order chi connectivity index (χ1) is 15.3. The Morgan fingerprint density at radius 3 is 2.67 bits per heavy atom. The summed E-state index contributed by atoms with van der Waals surface area (Å²) >= 11 is 0. The van der Waals surface area contributed by atoms with E-state index in [2.05, 4.69) is 10.3 Å². The zero-order chi connectivity index (χ0) is 24.6. The Morgan fingerprint density at radius 2 is 2.06 bits per heavy atom. The number of amides is 1. The molecule has 1 amide bonds. The molecule has 1 aliphatic rings. The summed E-state index contributed by atoms with van der Waals surface area (Å²) in [6.07, 6.45) is -7.22. The lowest BCUT2D eigenvalue weighted by molar-refractivity contribution is -0.207.